The molecule has 0 spiro atoms. The van der Waals surface area contributed by atoms with Crippen LogP contribution in [-0.2, 0) is 0 Å². The van der Waals surface area contributed by atoms with E-state index in [2.05, 4.69) is 4.90 Å². The van der Waals surface area contributed by atoms with Gasteiger partial charge in [0.1, 0.15) is 0 Å². The lowest BCUT2D eigenvalue weighted by Crippen LogP contribution is -2.19. The quantitative estimate of drug-likeness (QED) is 0.438. The molecule has 0 amide bonds. The monoisotopic (exact) mass is 123 g/mol. The van der Waals surface area contributed by atoms with Gasteiger partial charge in [-0.3, -0.25) is 4.90 Å². The highest BCUT2D eigenvalue weighted by Crippen LogP contribution is 2.47. The van der Waals surface area contributed by atoms with Crippen molar-refractivity contribution in [2.24, 2.45) is 5.92 Å². The molecule has 3 aliphatic rings. The second kappa shape index (κ2) is 1.34. The molecule has 3 fully saturated rings. The van der Waals surface area contributed by atoms with E-state index < -0.39 is 0 Å². The summed E-state index contributed by atoms with van der Waals surface area (Å²) in [6.07, 6.45) is 6.12. The molecule has 9 heavy (non-hydrogen) atoms. The van der Waals surface area contributed by atoms with Gasteiger partial charge in [0.2, 0.25) is 0 Å². The SMILES string of the molecule is C1C[C@H]2[C@@H]3C[C@@H]1CCN23. The van der Waals surface area contributed by atoms with Gasteiger partial charge in [0.25, 0.3) is 0 Å². The Bertz CT molecular complexity index is 119. The number of hydrogen-bond acceptors (Lipinski definition) is 1. The maximum absolute atomic E-state index is 2.70. The molecule has 3 rings (SSSR count). The summed E-state index contributed by atoms with van der Waals surface area (Å²) in [5.41, 5.74) is 0. The first-order chi connectivity index (χ1) is 4.45. The number of fused-ring (bicyclic) bond motifs is 2. The standard InChI is InChI=1S/C8H13N/c1-2-7-8-5-6(1)3-4-9(7)8/h6-8H,1-5H2/t6-,7-,8-,9?/m0/s1. The molecular formula is C8H13N. The molecule has 0 radical (unpaired) electrons. The zero-order chi connectivity index (χ0) is 5.84. The second-order valence-corrected chi connectivity index (χ2v) is 3.84. The van der Waals surface area contributed by atoms with Gasteiger partial charge >= 0.3 is 0 Å². The lowest BCUT2D eigenvalue weighted by Gasteiger charge is -2.21. The molecule has 1 aliphatic carbocycles. The number of rotatable bonds is 0. The van der Waals surface area contributed by atoms with Crippen LogP contribution in [0.3, 0.4) is 0 Å². The van der Waals surface area contributed by atoms with E-state index >= 15 is 0 Å². The summed E-state index contributed by atoms with van der Waals surface area (Å²) >= 11 is 0. The fraction of sp³-hybridized carbons (Fsp3) is 1.00. The zero-order valence-corrected chi connectivity index (χ0v) is 5.71. The van der Waals surface area contributed by atoms with Crippen LogP contribution in [0.4, 0.5) is 0 Å². The van der Waals surface area contributed by atoms with Crippen molar-refractivity contribution in [3.63, 3.8) is 0 Å². The Labute approximate surface area is 56.0 Å². The normalized spacial score (nSPS) is 61.3. The predicted octanol–water partition coefficient (Wildman–Crippen LogP) is 1.24. The molecule has 1 nitrogen and oxygen atoms in total. The molecule has 2 saturated heterocycles. The van der Waals surface area contributed by atoms with Gasteiger partial charge in [-0.1, -0.05) is 0 Å². The fourth-order valence-electron chi connectivity index (χ4n) is 2.83. The molecular weight excluding hydrogens is 110 g/mol. The first-order valence-corrected chi connectivity index (χ1v) is 4.21. The number of nitrogens with zero attached hydrogens (tertiary/aromatic N) is 1. The molecule has 4 atom stereocenters. The maximum Gasteiger partial charge on any atom is 0.0257 e. The predicted molar refractivity (Wildman–Crippen MR) is 36.2 cm³/mol. The first kappa shape index (κ1) is 4.73. The lowest BCUT2D eigenvalue weighted by atomic mass is 9.87. The molecule has 0 aromatic carbocycles. The fourth-order valence-corrected chi connectivity index (χ4v) is 2.83. The van der Waals surface area contributed by atoms with E-state index in [1.807, 2.05) is 0 Å². The first-order valence-electron chi connectivity index (χ1n) is 4.21. The van der Waals surface area contributed by atoms with Gasteiger partial charge < -0.3 is 0 Å². The van der Waals surface area contributed by atoms with Crippen LogP contribution in [0, 0.1) is 5.92 Å². The van der Waals surface area contributed by atoms with Crippen LogP contribution in [0.5, 0.6) is 0 Å². The van der Waals surface area contributed by atoms with Crippen molar-refractivity contribution in [3.8, 4) is 0 Å². The van der Waals surface area contributed by atoms with Crippen molar-refractivity contribution >= 4 is 0 Å². The highest BCUT2D eigenvalue weighted by molar-refractivity contribution is 5.08. The van der Waals surface area contributed by atoms with E-state index in [0.29, 0.717) is 0 Å². The van der Waals surface area contributed by atoms with Crippen molar-refractivity contribution in [2.45, 2.75) is 37.8 Å². The van der Waals surface area contributed by atoms with Gasteiger partial charge in [0.05, 0.1) is 0 Å². The Morgan fingerprint density at radius 1 is 1.00 bits per heavy atom. The van der Waals surface area contributed by atoms with Gasteiger partial charge in [-0.2, -0.15) is 0 Å². The molecule has 2 bridgehead atoms. The van der Waals surface area contributed by atoms with Gasteiger partial charge in [0.15, 0.2) is 0 Å². The molecule has 2 heterocycles. The van der Waals surface area contributed by atoms with Crippen molar-refractivity contribution in [1.82, 2.24) is 4.90 Å². The lowest BCUT2D eigenvalue weighted by molar-refractivity contribution is 0.313. The van der Waals surface area contributed by atoms with Gasteiger partial charge in [0, 0.05) is 12.1 Å². The van der Waals surface area contributed by atoms with Crippen molar-refractivity contribution < 1.29 is 0 Å². The maximum atomic E-state index is 2.70. The van der Waals surface area contributed by atoms with Crippen molar-refractivity contribution in [2.75, 3.05) is 6.54 Å². The van der Waals surface area contributed by atoms with Gasteiger partial charge in [-0.15, -0.1) is 0 Å². The van der Waals surface area contributed by atoms with Crippen LogP contribution in [0.2, 0.25) is 0 Å². The number of piperidine rings is 1. The van der Waals surface area contributed by atoms with E-state index in [-0.39, 0.29) is 0 Å². The second-order valence-electron chi connectivity index (χ2n) is 3.84. The van der Waals surface area contributed by atoms with Gasteiger partial charge in [-0.05, 0) is 38.1 Å². The third-order valence-corrected chi connectivity index (χ3v) is 3.45. The minimum absolute atomic E-state index is 1.06. The smallest absolute Gasteiger partial charge is 0.0257 e. The van der Waals surface area contributed by atoms with Crippen LogP contribution >= 0.6 is 0 Å². The molecule has 1 heteroatoms. The third kappa shape index (κ3) is 0.493. The molecule has 0 aromatic heterocycles. The van der Waals surface area contributed by atoms with Crippen LogP contribution in [-0.4, -0.2) is 23.5 Å². The molecule has 1 saturated carbocycles. The summed E-state index contributed by atoms with van der Waals surface area (Å²) in [6, 6.07) is 2.13. The van der Waals surface area contributed by atoms with E-state index in [4.69, 9.17) is 0 Å². The Hall–Kier alpha value is -0.0400. The highest BCUT2D eigenvalue weighted by atomic mass is 15.4. The summed E-state index contributed by atoms with van der Waals surface area (Å²) in [5, 5.41) is 0. The molecule has 1 unspecified atom stereocenters. The van der Waals surface area contributed by atoms with Crippen LogP contribution in [0.25, 0.3) is 0 Å². The number of hydrogen-bond donors (Lipinski definition) is 0. The molecule has 50 valence electrons. The van der Waals surface area contributed by atoms with E-state index in [0.717, 1.165) is 18.0 Å². The summed E-state index contributed by atoms with van der Waals surface area (Å²) in [6.45, 7) is 1.43. The Morgan fingerprint density at radius 2 is 2.00 bits per heavy atom. The van der Waals surface area contributed by atoms with Crippen molar-refractivity contribution in [3.05, 3.63) is 0 Å². The van der Waals surface area contributed by atoms with Crippen molar-refractivity contribution in [1.29, 1.82) is 0 Å². The van der Waals surface area contributed by atoms with Crippen LogP contribution in [0.1, 0.15) is 25.7 Å². The summed E-state index contributed by atoms with van der Waals surface area (Å²) in [5.74, 6) is 1.13. The average molecular weight is 123 g/mol. The molecule has 0 aromatic rings. The van der Waals surface area contributed by atoms with Gasteiger partial charge in [-0.25, -0.2) is 0 Å². The Kier molecular flexibility index (Phi) is 0.704. The molecule has 2 aliphatic heterocycles. The Balaban J connectivity index is 1.92. The molecule has 0 N–H and O–H groups in total. The van der Waals surface area contributed by atoms with Crippen LogP contribution < -0.4 is 0 Å². The van der Waals surface area contributed by atoms with E-state index in [9.17, 15) is 0 Å². The Morgan fingerprint density at radius 3 is 2.89 bits per heavy atom. The minimum atomic E-state index is 1.06. The summed E-state index contributed by atoms with van der Waals surface area (Å²) < 4.78 is 0. The third-order valence-electron chi connectivity index (χ3n) is 3.45. The van der Waals surface area contributed by atoms with E-state index in [1.54, 1.807) is 6.42 Å². The largest absolute Gasteiger partial charge is 0.294 e. The zero-order valence-electron chi connectivity index (χ0n) is 5.71. The van der Waals surface area contributed by atoms with E-state index in [1.165, 1.54) is 25.8 Å². The topological polar surface area (TPSA) is 3.01 Å². The highest BCUT2D eigenvalue weighted by Gasteiger charge is 2.52. The minimum Gasteiger partial charge on any atom is -0.294 e. The summed E-state index contributed by atoms with van der Waals surface area (Å²) in [4.78, 5) is 2.70. The average Bonchev–Trinajstić information content (AvgIpc) is 2.62. The summed E-state index contributed by atoms with van der Waals surface area (Å²) in [7, 11) is 0. The van der Waals surface area contributed by atoms with Crippen LogP contribution in [0.15, 0.2) is 0 Å².